The maximum atomic E-state index is 13.3. The highest BCUT2D eigenvalue weighted by molar-refractivity contribution is 5.99. The summed E-state index contributed by atoms with van der Waals surface area (Å²) in [5.41, 5.74) is 5.87. The summed E-state index contributed by atoms with van der Waals surface area (Å²) >= 11 is 0. The number of carbonyl (C=O) groups is 1. The zero-order valence-electron chi connectivity index (χ0n) is 7.61. The Morgan fingerprint density at radius 3 is 2.71 bits per heavy atom. The van der Waals surface area contributed by atoms with Gasteiger partial charge in [0.2, 0.25) is 5.91 Å². The fourth-order valence-corrected chi connectivity index (χ4v) is 1.61. The normalized spacial score (nSPS) is 21.7. The van der Waals surface area contributed by atoms with Gasteiger partial charge in [0.25, 0.3) is 0 Å². The number of halogens is 1. The minimum atomic E-state index is -0.477. The molecule has 1 aromatic rings. The molecule has 1 aliphatic heterocycles. The van der Waals surface area contributed by atoms with Crippen LogP contribution in [0.5, 0.6) is 0 Å². The summed E-state index contributed by atoms with van der Waals surface area (Å²) in [4.78, 5) is 12.9. The fourth-order valence-electron chi connectivity index (χ4n) is 1.61. The standard InChI is InChI=1S/C10H11FN2O/c11-7-3-1-2-4-9(7)13-6-5-8(12)10(13)14/h1-4,8H,5-6,12H2. The summed E-state index contributed by atoms with van der Waals surface area (Å²) in [6.45, 7) is 0.501. The van der Waals surface area contributed by atoms with Gasteiger partial charge in [-0.2, -0.15) is 0 Å². The van der Waals surface area contributed by atoms with Crippen LogP contribution in [0.25, 0.3) is 0 Å². The molecule has 74 valence electrons. The molecule has 0 aliphatic carbocycles. The average molecular weight is 194 g/mol. The largest absolute Gasteiger partial charge is 0.320 e. The number of para-hydroxylation sites is 1. The van der Waals surface area contributed by atoms with Crippen molar-refractivity contribution in [3.63, 3.8) is 0 Å². The Morgan fingerprint density at radius 2 is 2.14 bits per heavy atom. The van der Waals surface area contributed by atoms with E-state index in [0.29, 0.717) is 18.7 Å². The van der Waals surface area contributed by atoms with Crippen molar-refractivity contribution in [2.45, 2.75) is 12.5 Å². The molecule has 3 nitrogen and oxygen atoms in total. The van der Waals surface area contributed by atoms with E-state index in [9.17, 15) is 9.18 Å². The van der Waals surface area contributed by atoms with Gasteiger partial charge in [-0.1, -0.05) is 12.1 Å². The van der Waals surface area contributed by atoms with Crippen LogP contribution in [-0.4, -0.2) is 18.5 Å². The van der Waals surface area contributed by atoms with Gasteiger partial charge in [0.15, 0.2) is 0 Å². The van der Waals surface area contributed by atoms with E-state index in [1.807, 2.05) is 0 Å². The van der Waals surface area contributed by atoms with Crippen molar-refractivity contribution in [1.29, 1.82) is 0 Å². The van der Waals surface area contributed by atoms with E-state index in [-0.39, 0.29) is 11.7 Å². The van der Waals surface area contributed by atoms with Crippen LogP contribution in [0, 0.1) is 5.82 Å². The molecular weight excluding hydrogens is 183 g/mol. The third kappa shape index (κ3) is 1.37. The summed E-state index contributed by atoms with van der Waals surface area (Å²) in [5.74, 6) is -0.579. The molecule has 0 radical (unpaired) electrons. The molecule has 2 N–H and O–H groups in total. The number of rotatable bonds is 1. The third-order valence-electron chi connectivity index (χ3n) is 2.39. The van der Waals surface area contributed by atoms with Crippen LogP contribution in [0.3, 0.4) is 0 Å². The molecule has 1 aliphatic rings. The molecule has 1 fully saturated rings. The van der Waals surface area contributed by atoms with Crippen molar-refractivity contribution in [2.24, 2.45) is 5.73 Å². The Morgan fingerprint density at radius 1 is 1.43 bits per heavy atom. The number of nitrogens with zero attached hydrogens (tertiary/aromatic N) is 1. The monoisotopic (exact) mass is 194 g/mol. The number of anilines is 1. The summed E-state index contributed by atoms with van der Waals surface area (Å²) in [6, 6.07) is 5.75. The highest BCUT2D eigenvalue weighted by Crippen LogP contribution is 2.23. The Bertz CT molecular complexity index is 367. The molecule has 1 amide bonds. The molecule has 14 heavy (non-hydrogen) atoms. The van der Waals surface area contributed by atoms with Crippen molar-refractivity contribution in [1.82, 2.24) is 0 Å². The highest BCUT2D eigenvalue weighted by Gasteiger charge is 2.30. The molecule has 4 heteroatoms. The molecule has 0 saturated carbocycles. The van der Waals surface area contributed by atoms with Crippen LogP contribution in [0.2, 0.25) is 0 Å². The van der Waals surface area contributed by atoms with E-state index in [2.05, 4.69) is 0 Å². The number of benzene rings is 1. The molecule has 1 unspecified atom stereocenters. The molecule has 1 atom stereocenters. The molecule has 0 aromatic heterocycles. The maximum absolute atomic E-state index is 13.3. The van der Waals surface area contributed by atoms with Crippen LogP contribution in [-0.2, 0) is 4.79 Å². The number of hydrogen-bond acceptors (Lipinski definition) is 2. The van der Waals surface area contributed by atoms with Crippen molar-refractivity contribution in [3.8, 4) is 0 Å². The summed E-state index contributed by atoms with van der Waals surface area (Å²) in [5, 5.41) is 0. The van der Waals surface area contributed by atoms with Crippen molar-refractivity contribution in [2.75, 3.05) is 11.4 Å². The lowest BCUT2D eigenvalue weighted by atomic mass is 10.2. The Balaban J connectivity index is 2.33. The van der Waals surface area contributed by atoms with Gasteiger partial charge in [0.1, 0.15) is 5.82 Å². The van der Waals surface area contributed by atoms with E-state index in [1.165, 1.54) is 11.0 Å². The summed E-state index contributed by atoms with van der Waals surface area (Å²) in [6.07, 6.45) is 0.590. The molecular formula is C10H11FN2O. The predicted molar refractivity (Wildman–Crippen MR) is 51.3 cm³/mol. The lowest BCUT2D eigenvalue weighted by Gasteiger charge is -2.16. The van der Waals surface area contributed by atoms with Gasteiger partial charge in [-0.3, -0.25) is 4.79 Å². The zero-order valence-corrected chi connectivity index (χ0v) is 7.61. The van der Waals surface area contributed by atoms with Gasteiger partial charge in [0.05, 0.1) is 11.7 Å². The number of nitrogens with two attached hydrogens (primary N) is 1. The minimum absolute atomic E-state index is 0.199. The van der Waals surface area contributed by atoms with E-state index in [4.69, 9.17) is 5.73 Å². The van der Waals surface area contributed by atoms with Gasteiger partial charge in [-0.15, -0.1) is 0 Å². The first kappa shape index (κ1) is 9.15. The first-order valence-corrected chi connectivity index (χ1v) is 4.51. The second-order valence-electron chi connectivity index (χ2n) is 3.34. The summed E-state index contributed by atoms with van der Waals surface area (Å²) < 4.78 is 13.3. The topological polar surface area (TPSA) is 46.3 Å². The van der Waals surface area contributed by atoms with E-state index in [0.717, 1.165) is 0 Å². The fraction of sp³-hybridized carbons (Fsp3) is 0.300. The second kappa shape index (κ2) is 3.38. The third-order valence-corrected chi connectivity index (χ3v) is 2.39. The first-order valence-electron chi connectivity index (χ1n) is 4.51. The highest BCUT2D eigenvalue weighted by atomic mass is 19.1. The first-order chi connectivity index (χ1) is 6.70. The van der Waals surface area contributed by atoms with Gasteiger partial charge in [-0.25, -0.2) is 4.39 Å². The molecule has 1 heterocycles. The Labute approximate surface area is 81.3 Å². The van der Waals surface area contributed by atoms with Crippen LogP contribution >= 0.6 is 0 Å². The van der Waals surface area contributed by atoms with Crippen molar-refractivity contribution in [3.05, 3.63) is 30.1 Å². The van der Waals surface area contributed by atoms with Crippen LogP contribution < -0.4 is 10.6 Å². The van der Waals surface area contributed by atoms with Crippen LogP contribution in [0.4, 0.5) is 10.1 Å². The lowest BCUT2D eigenvalue weighted by molar-refractivity contribution is -0.118. The quantitative estimate of drug-likeness (QED) is 0.721. The summed E-state index contributed by atoms with van der Waals surface area (Å²) in [7, 11) is 0. The number of carbonyl (C=O) groups excluding carboxylic acids is 1. The lowest BCUT2D eigenvalue weighted by Crippen LogP contribution is -2.34. The van der Waals surface area contributed by atoms with Gasteiger partial charge in [-0.05, 0) is 18.6 Å². The van der Waals surface area contributed by atoms with Gasteiger partial charge in [0, 0.05) is 6.54 Å². The van der Waals surface area contributed by atoms with Crippen molar-refractivity contribution >= 4 is 11.6 Å². The van der Waals surface area contributed by atoms with E-state index >= 15 is 0 Å². The SMILES string of the molecule is NC1CCN(c2ccccc2F)C1=O. The van der Waals surface area contributed by atoms with Crippen LogP contribution in [0.1, 0.15) is 6.42 Å². The number of amides is 1. The van der Waals surface area contributed by atoms with E-state index < -0.39 is 6.04 Å². The smallest absolute Gasteiger partial charge is 0.244 e. The van der Waals surface area contributed by atoms with Crippen LogP contribution in [0.15, 0.2) is 24.3 Å². The van der Waals surface area contributed by atoms with E-state index in [1.54, 1.807) is 18.2 Å². The molecule has 1 aromatic carbocycles. The predicted octanol–water partition coefficient (Wildman–Crippen LogP) is 0.890. The maximum Gasteiger partial charge on any atom is 0.244 e. The zero-order chi connectivity index (χ0) is 10.1. The molecule has 2 rings (SSSR count). The average Bonchev–Trinajstić information content (AvgIpc) is 2.49. The minimum Gasteiger partial charge on any atom is -0.320 e. The molecule has 0 bridgehead atoms. The number of hydrogen-bond donors (Lipinski definition) is 1. The Kier molecular flexibility index (Phi) is 2.21. The van der Waals surface area contributed by atoms with Gasteiger partial charge < -0.3 is 10.6 Å². The molecule has 0 spiro atoms. The second-order valence-corrected chi connectivity index (χ2v) is 3.34. The van der Waals surface area contributed by atoms with Crippen molar-refractivity contribution < 1.29 is 9.18 Å². The van der Waals surface area contributed by atoms with Gasteiger partial charge >= 0.3 is 0 Å². The Hall–Kier alpha value is -1.42. The molecule has 1 saturated heterocycles.